The van der Waals surface area contributed by atoms with Crippen LogP contribution in [0.4, 0.5) is 5.69 Å². The fourth-order valence-electron chi connectivity index (χ4n) is 2.55. The molecule has 120 valence electrons. The van der Waals surface area contributed by atoms with Gasteiger partial charge in [-0.25, -0.2) is 4.79 Å². The average Bonchev–Trinajstić information content (AvgIpc) is 2.97. The Morgan fingerprint density at radius 1 is 1.43 bits per heavy atom. The van der Waals surface area contributed by atoms with Crippen molar-refractivity contribution in [2.45, 2.75) is 6.10 Å². The van der Waals surface area contributed by atoms with Gasteiger partial charge in [0, 0.05) is 35.8 Å². The normalized spacial score (nSPS) is 18.1. The number of aromatic amines is 1. The molecule has 1 saturated heterocycles. The Balaban J connectivity index is 1.93. The van der Waals surface area contributed by atoms with E-state index >= 15 is 0 Å². The number of hydrogen-bond donors (Lipinski definition) is 2. The van der Waals surface area contributed by atoms with E-state index in [1.54, 1.807) is 0 Å². The third-order valence-electron chi connectivity index (χ3n) is 3.74. The maximum absolute atomic E-state index is 12.6. The zero-order chi connectivity index (χ0) is 16.6. The van der Waals surface area contributed by atoms with Crippen molar-refractivity contribution in [2.75, 3.05) is 19.7 Å². The van der Waals surface area contributed by atoms with E-state index in [-0.39, 0.29) is 36.9 Å². The smallest absolute Gasteiger partial charge is 0.334 e. The summed E-state index contributed by atoms with van der Waals surface area (Å²) in [5.74, 6) is -1.51. The maximum atomic E-state index is 12.6. The number of ether oxygens (including phenoxy) is 1. The second-order valence-corrected chi connectivity index (χ2v) is 5.14. The molecule has 1 aromatic heterocycles. The third-order valence-corrected chi connectivity index (χ3v) is 3.74. The van der Waals surface area contributed by atoms with Crippen LogP contribution in [0.3, 0.4) is 0 Å². The zero-order valence-corrected chi connectivity index (χ0v) is 11.9. The molecule has 1 aliphatic rings. The van der Waals surface area contributed by atoms with E-state index < -0.39 is 17.0 Å². The highest BCUT2D eigenvalue weighted by atomic mass is 16.6. The van der Waals surface area contributed by atoms with Crippen LogP contribution < -0.4 is 0 Å². The molecule has 1 atom stereocenters. The SMILES string of the molecule is O=C(O)C1CN(C(=O)c2c[nH]c3ccc([N+](=O)[O-])cc23)CCO1. The van der Waals surface area contributed by atoms with Crippen LogP contribution >= 0.6 is 0 Å². The Kier molecular flexibility index (Phi) is 3.70. The molecule has 2 heterocycles. The molecule has 1 aromatic carbocycles. The minimum Gasteiger partial charge on any atom is -0.479 e. The highest BCUT2D eigenvalue weighted by Gasteiger charge is 2.30. The summed E-state index contributed by atoms with van der Waals surface area (Å²) in [6.45, 7) is 0.338. The lowest BCUT2D eigenvalue weighted by molar-refractivity contribution is -0.384. The largest absolute Gasteiger partial charge is 0.479 e. The third kappa shape index (κ3) is 2.73. The number of carbonyl (C=O) groups is 2. The second-order valence-electron chi connectivity index (χ2n) is 5.14. The monoisotopic (exact) mass is 319 g/mol. The lowest BCUT2D eigenvalue weighted by Gasteiger charge is -2.30. The van der Waals surface area contributed by atoms with Gasteiger partial charge in [-0.05, 0) is 6.07 Å². The first-order valence-corrected chi connectivity index (χ1v) is 6.86. The van der Waals surface area contributed by atoms with Gasteiger partial charge >= 0.3 is 5.97 Å². The van der Waals surface area contributed by atoms with Gasteiger partial charge in [0.1, 0.15) is 0 Å². The number of aromatic nitrogens is 1. The Hall–Kier alpha value is -2.94. The van der Waals surface area contributed by atoms with Crippen molar-refractivity contribution in [3.8, 4) is 0 Å². The van der Waals surface area contributed by atoms with E-state index in [1.807, 2.05) is 0 Å². The van der Waals surface area contributed by atoms with Crippen LogP contribution in [0.1, 0.15) is 10.4 Å². The van der Waals surface area contributed by atoms with Gasteiger partial charge in [-0.1, -0.05) is 0 Å². The van der Waals surface area contributed by atoms with Crippen molar-refractivity contribution in [2.24, 2.45) is 0 Å². The van der Waals surface area contributed by atoms with Gasteiger partial charge in [0.05, 0.1) is 23.6 Å². The summed E-state index contributed by atoms with van der Waals surface area (Å²) in [5, 5.41) is 20.3. The number of hydrogen-bond acceptors (Lipinski definition) is 5. The topological polar surface area (TPSA) is 126 Å². The van der Waals surface area contributed by atoms with Crippen molar-refractivity contribution in [3.63, 3.8) is 0 Å². The molecular weight excluding hydrogens is 306 g/mol. The summed E-state index contributed by atoms with van der Waals surface area (Å²) >= 11 is 0. The van der Waals surface area contributed by atoms with E-state index in [1.165, 1.54) is 29.3 Å². The second kappa shape index (κ2) is 5.69. The molecule has 3 rings (SSSR count). The summed E-state index contributed by atoms with van der Waals surface area (Å²) < 4.78 is 5.08. The molecule has 1 aliphatic heterocycles. The van der Waals surface area contributed by atoms with Gasteiger partial charge in [-0.3, -0.25) is 14.9 Å². The molecule has 0 radical (unpaired) electrons. The standard InChI is InChI=1S/C14H13N3O6/c18-13(16-3-4-23-12(7-16)14(19)20)10-6-15-11-2-1-8(17(21)22)5-9(10)11/h1-2,5-6,12,15H,3-4,7H2,(H,19,20). The van der Waals surface area contributed by atoms with Crippen LogP contribution in [0.2, 0.25) is 0 Å². The fraction of sp³-hybridized carbons (Fsp3) is 0.286. The van der Waals surface area contributed by atoms with E-state index in [2.05, 4.69) is 4.98 Å². The molecular formula is C14H13N3O6. The number of nitro groups is 1. The molecule has 2 N–H and O–H groups in total. The number of morpholine rings is 1. The number of H-pyrrole nitrogens is 1. The van der Waals surface area contributed by atoms with E-state index in [4.69, 9.17) is 9.84 Å². The van der Waals surface area contributed by atoms with Crippen molar-refractivity contribution >= 4 is 28.5 Å². The Morgan fingerprint density at radius 3 is 2.91 bits per heavy atom. The van der Waals surface area contributed by atoms with Crippen molar-refractivity contribution in [1.82, 2.24) is 9.88 Å². The van der Waals surface area contributed by atoms with Gasteiger partial charge in [-0.2, -0.15) is 0 Å². The Morgan fingerprint density at radius 2 is 2.22 bits per heavy atom. The number of non-ortho nitro benzene ring substituents is 1. The lowest BCUT2D eigenvalue weighted by Crippen LogP contribution is -2.48. The van der Waals surface area contributed by atoms with Gasteiger partial charge in [0.15, 0.2) is 6.10 Å². The number of carboxylic acid groups (broad SMARTS) is 1. The molecule has 1 fully saturated rings. The van der Waals surface area contributed by atoms with Crippen LogP contribution in [-0.4, -0.2) is 57.6 Å². The highest BCUT2D eigenvalue weighted by molar-refractivity contribution is 6.07. The number of nitro benzene ring substituents is 1. The van der Waals surface area contributed by atoms with Gasteiger partial charge in [0.2, 0.25) is 0 Å². The summed E-state index contributed by atoms with van der Waals surface area (Å²) in [4.78, 5) is 38.2. The highest BCUT2D eigenvalue weighted by Crippen LogP contribution is 2.25. The summed E-state index contributed by atoms with van der Waals surface area (Å²) in [7, 11) is 0. The van der Waals surface area contributed by atoms with Crippen LogP contribution in [0.5, 0.6) is 0 Å². The maximum Gasteiger partial charge on any atom is 0.334 e. The van der Waals surface area contributed by atoms with Gasteiger partial charge in [-0.15, -0.1) is 0 Å². The number of carboxylic acids is 1. The molecule has 0 bridgehead atoms. The number of nitrogens with one attached hydrogen (secondary N) is 1. The molecule has 9 heteroatoms. The van der Waals surface area contributed by atoms with Crippen molar-refractivity contribution in [3.05, 3.63) is 40.1 Å². The first kappa shape index (κ1) is 15.0. The van der Waals surface area contributed by atoms with Crippen molar-refractivity contribution in [1.29, 1.82) is 0 Å². The fourth-order valence-corrected chi connectivity index (χ4v) is 2.55. The molecule has 0 saturated carbocycles. The minimum atomic E-state index is -1.13. The van der Waals surface area contributed by atoms with Crippen molar-refractivity contribution < 1.29 is 24.4 Å². The van der Waals surface area contributed by atoms with E-state index in [0.29, 0.717) is 10.9 Å². The molecule has 9 nitrogen and oxygen atoms in total. The van der Waals surface area contributed by atoms with Gasteiger partial charge < -0.3 is 19.7 Å². The van der Waals surface area contributed by atoms with Crippen LogP contribution in [0.15, 0.2) is 24.4 Å². The number of amides is 1. The molecule has 1 unspecified atom stereocenters. The number of rotatable bonds is 3. The first-order chi connectivity index (χ1) is 11.0. The van der Waals surface area contributed by atoms with E-state index in [9.17, 15) is 19.7 Å². The van der Waals surface area contributed by atoms with Gasteiger partial charge in [0.25, 0.3) is 11.6 Å². The quantitative estimate of drug-likeness (QED) is 0.642. The number of carbonyl (C=O) groups excluding carboxylic acids is 1. The first-order valence-electron chi connectivity index (χ1n) is 6.86. The minimum absolute atomic E-state index is 0.0598. The predicted octanol–water partition coefficient (Wildman–Crippen LogP) is 1.00. The number of benzene rings is 1. The molecule has 2 aromatic rings. The molecule has 1 amide bonds. The van der Waals surface area contributed by atoms with Crippen LogP contribution in [0, 0.1) is 10.1 Å². The predicted molar refractivity (Wildman–Crippen MR) is 78.2 cm³/mol. The lowest BCUT2D eigenvalue weighted by atomic mass is 10.1. The summed E-state index contributed by atoms with van der Waals surface area (Å²) in [5.41, 5.74) is 0.758. The Bertz CT molecular complexity index is 799. The molecule has 0 aliphatic carbocycles. The van der Waals surface area contributed by atoms with E-state index in [0.717, 1.165) is 0 Å². The summed E-state index contributed by atoms with van der Waals surface area (Å²) in [6, 6.07) is 4.21. The number of fused-ring (bicyclic) bond motifs is 1. The summed E-state index contributed by atoms with van der Waals surface area (Å²) in [6.07, 6.45) is 0.411. The molecule has 23 heavy (non-hydrogen) atoms. The molecule has 0 spiro atoms. The average molecular weight is 319 g/mol. The number of aliphatic carboxylic acids is 1. The zero-order valence-electron chi connectivity index (χ0n) is 11.9. The Labute approximate surface area is 129 Å². The van der Waals surface area contributed by atoms with Crippen LogP contribution in [-0.2, 0) is 9.53 Å². The number of nitrogens with zero attached hydrogens (tertiary/aromatic N) is 2. The van der Waals surface area contributed by atoms with Crippen LogP contribution in [0.25, 0.3) is 10.9 Å².